The van der Waals surface area contributed by atoms with Crippen molar-refractivity contribution in [3.63, 3.8) is 0 Å². The summed E-state index contributed by atoms with van der Waals surface area (Å²) in [4.78, 5) is 90.6. The van der Waals surface area contributed by atoms with E-state index < -0.39 is 0 Å². The molecule has 124 heavy (non-hydrogen) atoms. The highest BCUT2D eigenvalue weighted by atomic mass is 16.5. The molecule has 30 heteroatoms. The van der Waals surface area contributed by atoms with E-state index in [0.717, 1.165) is 298 Å². The molecule has 4 aliphatic heterocycles. The fraction of sp³-hybridized carbons (Fsp3) is 0.511. The summed E-state index contributed by atoms with van der Waals surface area (Å²) in [5.74, 6) is 4.38. The Labute approximate surface area is 725 Å². The molecule has 4 saturated carbocycles. The number of carbonyl (C=O) groups excluding carboxylic acids is 3. The van der Waals surface area contributed by atoms with E-state index in [1.165, 1.54) is 0 Å². The number of aromatic nitrogens is 10. The van der Waals surface area contributed by atoms with E-state index >= 15 is 0 Å². The number of rotatable bonds is 20. The summed E-state index contributed by atoms with van der Waals surface area (Å²) in [5.41, 5.74) is 11.7. The Morgan fingerprint density at radius 1 is 0.403 bits per heavy atom. The summed E-state index contributed by atoms with van der Waals surface area (Å²) in [7, 11) is 0. The third-order valence-electron chi connectivity index (χ3n) is 23.9. The van der Waals surface area contributed by atoms with Gasteiger partial charge in [-0.15, -0.1) is 0 Å². The Morgan fingerprint density at radius 2 is 0.734 bits per heavy atom. The van der Waals surface area contributed by atoms with E-state index in [2.05, 4.69) is 159 Å². The second kappa shape index (κ2) is 42.7. The zero-order chi connectivity index (χ0) is 85.6. The first-order valence-electron chi connectivity index (χ1n) is 44.4. The fourth-order valence-corrected chi connectivity index (χ4v) is 17.1. The predicted molar refractivity (Wildman–Crippen MR) is 476 cm³/mol. The first-order valence-corrected chi connectivity index (χ1v) is 44.4. The van der Waals surface area contributed by atoms with Crippen molar-refractivity contribution in [2.24, 2.45) is 11.3 Å². The average Bonchev–Trinajstić information content (AvgIpc) is 0.805. The molecule has 6 aromatic heterocycles. The topological polar surface area (TPSA) is 339 Å². The molecule has 0 radical (unpaired) electrons. The van der Waals surface area contributed by atoms with Gasteiger partial charge in [0, 0.05) is 197 Å². The molecule has 0 bridgehead atoms. The molecule has 4 N–H and O–H groups in total. The second-order valence-electron chi connectivity index (χ2n) is 34.5. The summed E-state index contributed by atoms with van der Waals surface area (Å²) in [6, 6.07) is 28.7. The Kier molecular flexibility index (Phi) is 30.1. The van der Waals surface area contributed by atoms with Crippen LogP contribution in [0.15, 0.2) is 141 Å². The Morgan fingerprint density at radius 3 is 1.06 bits per heavy atom. The second-order valence-corrected chi connectivity index (χ2v) is 34.5. The molecule has 654 valence electrons. The number of carbonyl (C=O) groups is 3. The van der Waals surface area contributed by atoms with Gasteiger partial charge in [0.05, 0.1) is 105 Å². The lowest BCUT2D eigenvalue weighted by Crippen LogP contribution is -2.44. The first kappa shape index (κ1) is 87.4. The summed E-state index contributed by atoms with van der Waals surface area (Å²) < 4.78 is 47.8. The maximum absolute atomic E-state index is 12.4. The normalized spacial score (nSPS) is 21.8. The maximum atomic E-state index is 12.4. The number of ether oxygens (including phenoxy) is 8. The van der Waals surface area contributed by atoms with Gasteiger partial charge < -0.3 is 78.8 Å². The van der Waals surface area contributed by atoms with Gasteiger partial charge in [0.2, 0.25) is 11.8 Å². The number of amides is 3. The number of anilines is 5. The number of pyridine rings is 2. The van der Waals surface area contributed by atoms with Gasteiger partial charge in [-0.25, -0.2) is 24.9 Å². The maximum Gasteiger partial charge on any atom is 0.270 e. The van der Waals surface area contributed by atoms with Gasteiger partial charge in [0.1, 0.15) is 62.6 Å². The first-order chi connectivity index (χ1) is 60.5. The minimum Gasteiger partial charge on any atom is -0.488 e. The molecule has 4 aliphatic carbocycles. The van der Waals surface area contributed by atoms with Crippen molar-refractivity contribution >= 4 is 90.4 Å². The number of hydrogen-bond donors (Lipinski definition) is 4. The minimum absolute atomic E-state index is 0.0862. The van der Waals surface area contributed by atoms with Gasteiger partial charge in [0.25, 0.3) is 5.91 Å². The van der Waals surface area contributed by atoms with E-state index in [1.54, 1.807) is 80.2 Å². The average molecular weight is 1690 g/mol. The lowest BCUT2D eigenvalue weighted by Gasteiger charge is -2.32. The molecule has 3 amide bonds. The van der Waals surface area contributed by atoms with E-state index in [4.69, 9.17) is 37.9 Å². The molecule has 10 aromatic rings. The van der Waals surface area contributed by atoms with E-state index in [9.17, 15) is 19.6 Å². The molecular formula is C94H117N19O11. The van der Waals surface area contributed by atoms with E-state index in [0.29, 0.717) is 29.4 Å². The number of nitrogens with one attached hydrogen (secondary N) is 4. The quantitative estimate of drug-likeness (QED) is 0.0550. The monoisotopic (exact) mass is 1690 g/mol. The van der Waals surface area contributed by atoms with Crippen LogP contribution in [0.4, 0.5) is 28.6 Å². The number of nitriles is 1. The standard InChI is InChI=1S/C24H26N6O2.C24H27N5O3.2C23H32N4O3/c25-16-17-2-1-7-28-24(17)29-18-3-5-20(6-4-18)32-22-15-19(30-10-12-31-13-11-30)14-21-23(22)27-9-8-26-21;30-24(20-3-1-2-8-25-20)28-17-4-6-19(7-5-17)32-22-16-18(29-11-13-31-14-12-29)15-21-23(22)27-10-9-26-21;1-23(2,3)22(28)26-16-4-6-18(7-5-16)30-20-15-17(27-10-12-29-13-11-27)14-19-21(20)25-9-8-24-19;1-16(2)13-22(28)26-17-3-5-19(6-4-17)30-21-15-18(27-9-11-29-12-10-27)14-20-23(21)25-8-7-24-20/h1-2,7-9,14-15,18,20H,3-6,10-13H2,(H,28,29);1-3,8-10,15-17,19H,4-7,11-14H2,(H,28,30);8-9,14-16,18H,4-7,10-13H2,1-3H3,(H,26,28);7-8,14-17,19H,3-6,9-13H2,1-2H3,(H,26,28). The summed E-state index contributed by atoms with van der Waals surface area (Å²) in [6.45, 7) is 22.7. The number of fused-ring (bicyclic) bond motifs is 4. The molecule has 18 rings (SSSR count). The van der Waals surface area contributed by atoms with Crippen LogP contribution in [0.2, 0.25) is 0 Å². The van der Waals surface area contributed by atoms with Crippen molar-refractivity contribution in [2.45, 2.75) is 192 Å². The predicted octanol–water partition coefficient (Wildman–Crippen LogP) is 13.2. The van der Waals surface area contributed by atoms with Crippen LogP contribution in [0.5, 0.6) is 23.0 Å². The molecule has 4 saturated heterocycles. The molecule has 4 aromatic carbocycles. The molecule has 0 atom stereocenters. The van der Waals surface area contributed by atoms with Crippen LogP contribution in [-0.2, 0) is 28.5 Å². The molecule has 0 spiro atoms. The van der Waals surface area contributed by atoms with Crippen molar-refractivity contribution in [2.75, 3.05) is 130 Å². The van der Waals surface area contributed by atoms with Crippen LogP contribution in [-0.4, -0.2) is 221 Å². The Bertz CT molecular complexity index is 5200. The van der Waals surface area contributed by atoms with Crippen LogP contribution in [0.1, 0.15) is 160 Å². The molecular weight excluding hydrogens is 1570 g/mol. The molecule has 8 aliphatic rings. The summed E-state index contributed by atoms with van der Waals surface area (Å²) >= 11 is 0. The number of morpholine rings is 4. The van der Waals surface area contributed by atoms with Gasteiger partial charge in [-0.05, 0) is 157 Å². The fourth-order valence-electron chi connectivity index (χ4n) is 17.1. The van der Waals surface area contributed by atoms with Crippen molar-refractivity contribution in [1.82, 2.24) is 65.8 Å². The van der Waals surface area contributed by atoms with E-state index in [-0.39, 0.29) is 71.7 Å². The SMILES string of the molecule is CC(C)(C)C(=O)NC1CCC(Oc2cc(N3CCOCC3)cc3nccnc23)CC1.CC(C)CC(=O)NC1CCC(Oc2cc(N3CCOCC3)cc3nccnc23)CC1.N#Cc1cccnc1NC1CCC(Oc2cc(N3CCOCC3)cc3nccnc23)CC1.O=C(NC1CCC(Oc2cc(N3CCOCC3)cc3nccnc23)CC1)c1ccccn1. The van der Waals surface area contributed by atoms with Gasteiger partial charge >= 0.3 is 0 Å². The van der Waals surface area contributed by atoms with Crippen molar-refractivity contribution in [1.29, 1.82) is 5.26 Å². The van der Waals surface area contributed by atoms with Gasteiger partial charge in [0.15, 0.2) is 0 Å². The lowest BCUT2D eigenvalue weighted by molar-refractivity contribution is -0.129. The zero-order valence-corrected chi connectivity index (χ0v) is 72.0. The van der Waals surface area contributed by atoms with Crippen LogP contribution in [0, 0.1) is 22.7 Å². The largest absolute Gasteiger partial charge is 0.488 e. The molecule has 30 nitrogen and oxygen atoms in total. The van der Waals surface area contributed by atoms with Crippen LogP contribution >= 0.6 is 0 Å². The Hall–Kier alpha value is -11.5. The zero-order valence-electron chi connectivity index (χ0n) is 72.0. The van der Waals surface area contributed by atoms with Crippen molar-refractivity contribution in [3.05, 3.63) is 152 Å². The molecule has 8 fully saturated rings. The lowest BCUT2D eigenvalue weighted by atomic mass is 9.90. The smallest absolute Gasteiger partial charge is 0.270 e. The van der Waals surface area contributed by atoms with Crippen LogP contribution in [0.25, 0.3) is 44.1 Å². The van der Waals surface area contributed by atoms with Crippen LogP contribution in [0.3, 0.4) is 0 Å². The van der Waals surface area contributed by atoms with Crippen LogP contribution < -0.4 is 59.8 Å². The molecule has 0 unspecified atom stereocenters. The molecule has 10 heterocycles. The highest BCUT2D eigenvalue weighted by Crippen LogP contribution is 2.39. The van der Waals surface area contributed by atoms with Gasteiger partial charge in [-0.2, -0.15) is 5.26 Å². The minimum atomic E-state index is -0.356. The van der Waals surface area contributed by atoms with Gasteiger partial charge in [-0.3, -0.25) is 39.3 Å². The highest BCUT2D eigenvalue weighted by molar-refractivity contribution is 5.92. The number of benzene rings is 4. The Balaban J connectivity index is 0.000000128. The van der Waals surface area contributed by atoms with Gasteiger partial charge in [-0.1, -0.05) is 40.7 Å². The van der Waals surface area contributed by atoms with Crippen molar-refractivity contribution < 1.29 is 52.3 Å². The third kappa shape index (κ3) is 23.9. The number of hydrogen-bond acceptors (Lipinski definition) is 27. The van der Waals surface area contributed by atoms with E-state index in [1.807, 2.05) is 32.9 Å². The number of nitrogens with zero attached hydrogens (tertiary/aromatic N) is 15. The third-order valence-corrected chi connectivity index (χ3v) is 23.9. The summed E-state index contributed by atoms with van der Waals surface area (Å²) in [5, 5.41) is 22.2. The summed E-state index contributed by atoms with van der Waals surface area (Å²) in [6.07, 6.45) is 32.8. The van der Waals surface area contributed by atoms with Crippen molar-refractivity contribution in [3.8, 4) is 29.1 Å². The highest BCUT2D eigenvalue weighted by Gasteiger charge is 2.33.